The number of carboxylic acids is 1. The zero-order valence-electron chi connectivity index (χ0n) is 12.1. The number of aliphatic hydroxyl groups excluding tert-OH is 1. The molecule has 0 saturated carbocycles. The summed E-state index contributed by atoms with van der Waals surface area (Å²) in [6.45, 7) is 4.80. The number of aliphatic carboxylic acids is 1. The maximum Gasteiger partial charge on any atom is 0.354 e. The number of fused-ring (bicyclic) bond motifs is 1. The highest BCUT2D eigenvalue weighted by Crippen LogP contribution is 2.54. The fourth-order valence-corrected chi connectivity index (χ4v) is 5.85. The van der Waals surface area contributed by atoms with Crippen LogP contribution < -0.4 is 5.32 Å². The number of nitrogens with zero attached hydrogens (tertiary/aromatic N) is 2. The van der Waals surface area contributed by atoms with Gasteiger partial charge in [0.1, 0.15) is 5.37 Å². The number of amidine groups is 1. The predicted molar refractivity (Wildman–Crippen MR) is 85.4 cm³/mol. The van der Waals surface area contributed by atoms with Gasteiger partial charge < -0.3 is 15.5 Å². The number of carbonyl (C=O) groups excluding carboxylic acids is 1. The van der Waals surface area contributed by atoms with E-state index in [0.717, 1.165) is 12.4 Å². The summed E-state index contributed by atoms with van der Waals surface area (Å²) in [7, 11) is 0. The molecule has 0 aromatic rings. The van der Waals surface area contributed by atoms with Crippen LogP contribution >= 0.6 is 23.5 Å². The molecule has 3 aliphatic heterocycles. The molecule has 0 aliphatic carbocycles. The second kappa shape index (κ2) is 5.78. The average Bonchev–Trinajstić information content (AvgIpc) is 2.75. The largest absolute Gasteiger partial charge is 0.477 e. The SMILES string of the molecule is CC1=NCC(SC2=C(C(=O)O)N3C(=O)C(C(C)O)[C@@H]3S2)CN1. The summed E-state index contributed by atoms with van der Waals surface area (Å²) in [4.78, 5) is 29.2. The zero-order chi connectivity index (χ0) is 16.0. The second-order valence-corrected chi connectivity index (χ2v) is 8.17. The molecule has 0 bridgehead atoms. The van der Waals surface area contributed by atoms with E-state index >= 15 is 0 Å². The summed E-state index contributed by atoms with van der Waals surface area (Å²) in [5.74, 6) is -1.05. The molecule has 3 N–H and O–H groups in total. The molecule has 0 aromatic carbocycles. The lowest BCUT2D eigenvalue weighted by atomic mass is 9.92. The molecular formula is C13H17N3O4S2. The topological polar surface area (TPSA) is 102 Å². The Morgan fingerprint density at radius 3 is 2.86 bits per heavy atom. The molecule has 4 atom stereocenters. The molecular weight excluding hydrogens is 326 g/mol. The molecule has 7 nitrogen and oxygen atoms in total. The lowest BCUT2D eigenvalue weighted by molar-refractivity contribution is -0.156. The van der Waals surface area contributed by atoms with Crippen LogP contribution in [0.25, 0.3) is 0 Å². The molecule has 1 fully saturated rings. The second-order valence-electron chi connectivity index (χ2n) is 5.47. The first-order valence-electron chi connectivity index (χ1n) is 6.97. The zero-order valence-corrected chi connectivity index (χ0v) is 13.8. The van der Waals surface area contributed by atoms with Crippen molar-refractivity contribution in [2.75, 3.05) is 13.1 Å². The number of β-lactam (4-membered cyclic amide) rings is 1. The van der Waals surface area contributed by atoms with Gasteiger partial charge in [0.05, 0.1) is 28.6 Å². The van der Waals surface area contributed by atoms with Gasteiger partial charge in [0.2, 0.25) is 5.91 Å². The number of amides is 1. The maximum absolute atomic E-state index is 12.1. The third-order valence-corrected chi connectivity index (χ3v) is 6.65. The van der Waals surface area contributed by atoms with Crippen LogP contribution in [0.1, 0.15) is 13.8 Å². The molecule has 22 heavy (non-hydrogen) atoms. The van der Waals surface area contributed by atoms with Crippen molar-refractivity contribution in [3.05, 3.63) is 9.93 Å². The van der Waals surface area contributed by atoms with E-state index < -0.39 is 18.0 Å². The Balaban J connectivity index is 1.78. The Hall–Kier alpha value is -1.19. The summed E-state index contributed by atoms with van der Waals surface area (Å²) in [5.41, 5.74) is 0.0492. The quantitative estimate of drug-likeness (QED) is 0.630. The van der Waals surface area contributed by atoms with Crippen molar-refractivity contribution in [3.8, 4) is 0 Å². The molecule has 120 valence electrons. The first-order chi connectivity index (χ1) is 10.4. The van der Waals surface area contributed by atoms with Crippen LogP contribution in [0.3, 0.4) is 0 Å². The van der Waals surface area contributed by atoms with E-state index in [1.165, 1.54) is 28.4 Å². The Labute approximate surface area is 136 Å². The van der Waals surface area contributed by atoms with Crippen molar-refractivity contribution in [3.63, 3.8) is 0 Å². The number of aliphatic imine (C=N–C) groups is 1. The molecule has 0 radical (unpaired) electrons. The van der Waals surface area contributed by atoms with Crippen molar-refractivity contribution < 1.29 is 19.8 Å². The van der Waals surface area contributed by atoms with Gasteiger partial charge >= 0.3 is 5.97 Å². The van der Waals surface area contributed by atoms with Crippen LogP contribution in [-0.4, -0.2) is 62.6 Å². The highest BCUT2D eigenvalue weighted by Gasteiger charge is 2.57. The van der Waals surface area contributed by atoms with Crippen molar-refractivity contribution >= 4 is 41.2 Å². The first-order valence-corrected chi connectivity index (χ1v) is 8.73. The number of hydrogen-bond acceptors (Lipinski definition) is 7. The van der Waals surface area contributed by atoms with Gasteiger partial charge in [-0.3, -0.25) is 14.7 Å². The Kier molecular flexibility index (Phi) is 4.13. The fourth-order valence-electron chi connectivity index (χ4n) is 2.68. The number of hydrogen-bond donors (Lipinski definition) is 3. The average molecular weight is 343 g/mol. The number of nitrogens with one attached hydrogen (secondary N) is 1. The van der Waals surface area contributed by atoms with Gasteiger partial charge in [-0.1, -0.05) is 11.8 Å². The fraction of sp³-hybridized carbons (Fsp3) is 0.615. The van der Waals surface area contributed by atoms with E-state index in [2.05, 4.69) is 10.3 Å². The standard InChI is InChI=1S/C13H17N3O4S2/c1-5(17)8-10(18)16-9(12(19)20)13(22-11(8)16)21-7-3-14-6(2)15-4-7/h5,7-8,11,17H,3-4H2,1-2H3,(H,14,15)(H,19,20)/t5?,8?,11-/m0/s1. The summed E-state index contributed by atoms with van der Waals surface area (Å²) in [5, 5.41) is 22.1. The van der Waals surface area contributed by atoms with Gasteiger partial charge in [-0.15, -0.1) is 11.8 Å². The highest BCUT2D eigenvalue weighted by atomic mass is 32.2. The number of carbonyl (C=O) groups is 2. The third-order valence-electron chi connectivity index (χ3n) is 3.86. The minimum Gasteiger partial charge on any atom is -0.477 e. The third kappa shape index (κ3) is 2.50. The summed E-state index contributed by atoms with van der Waals surface area (Å²) < 4.78 is 0.635. The van der Waals surface area contributed by atoms with Gasteiger partial charge in [-0.05, 0) is 13.8 Å². The van der Waals surface area contributed by atoms with E-state index in [-0.39, 0.29) is 22.2 Å². The summed E-state index contributed by atoms with van der Waals surface area (Å²) in [6, 6.07) is 0. The highest BCUT2D eigenvalue weighted by molar-refractivity contribution is 8.23. The Bertz CT molecular complexity index is 590. The monoisotopic (exact) mass is 343 g/mol. The predicted octanol–water partition coefficient (Wildman–Crippen LogP) is 0.276. The van der Waals surface area contributed by atoms with Crippen molar-refractivity contribution in [1.82, 2.24) is 10.2 Å². The van der Waals surface area contributed by atoms with E-state index in [9.17, 15) is 19.8 Å². The number of rotatable bonds is 4. The van der Waals surface area contributed by atoms with Gasteiger partial charge in [0, 0.05) is 11.8 Å². The van der Waals surface area contributed by atoms with Crippen LogP contribution in [-0.2, 0) is 9.59 Å². The van der Waals surface area contributed by atoms with Gasteiger partial charge in [0.25, 0.3) is 0 Å². The summed E-state index contributed by atoms with van der Waals surface area (Å²) >= 11 is 2.81. The van der Waals surface area contributed by atoms with Crippen LogP contribution in [0.15, 0.2) is 14.9 Å². The molecule has 3 aliphatic rings. The number of carboxylic acid groups (broad SMARTS) is 1. The van der Waals surface area contributed by atoms with Gasteiger partial charge in [-0.25, -0.2) is 4.79 Å². The van der Waals surface area contributed by atoms with Crippen molar-refractivity contribution in [2.45, 2.75) is 30.6 Å². The van der Waals surface area contributed by atoms with Gasteiger partial charge in [0.15, 0.2) is 5.70 Å². The van der Waals surface area contributed by atoms with Crippen LogP contribution in [0, 0.1) is 5.92 Å². The van der Waals surface area contributed by atoms with E-state index in [1.54, 1.807) is 6.92 Å². The number of aliphatic hydroxyl groups is 1. The molecule has 0 aromatic heterocycles. The smallest absolute Gasteiger partial charge is 0.354 e. The molecule has 9 heteroatoms. The van der Waals surface area contributed by atoms with Crippen molar-refractivity contribution in [2.24, 2.45) is 10.9 Å². The van der Waals surface area contributed by atoms with E-state index in [1.807, 2.05) is 6.92 Å². The normalized spacial score (nSPS) is 32.1. The van der Waals surface area contributed by atoms with Crippen LogP contribution in [0.5, 0.6) is 0 Å². The van der Waals surface area contributed by atoms with Gasteiger partial charge in [-0.2, -0.15) is 0 Å². The van der Waals surface area contributed by atoms with Crippen LogP contribution in [0.2, 0.25) is 0 Å². The lowest BCUT2D eigenvalue weighted by Crippen LogP contribution is -2.60. The lowest BCUT2D eigenvalue weighted by Gasteiger charge is -2.43. The minimum atomic E-state index is -1.10. The molecule has 1 amide bonds. The van der Waals surface area contributed by atoms with E-state index in [4.69, 9.17) is 0 Å². The van der Waals surface area contributed by atoms with Crippen molar-refractivity contribution in [1.29, 1.82) is 0 Å². The Morgan fingerprint density at radius 2 is 2.32 bits per heavy atom. The maximum atomic E-state index is 12.1. The molecule has 3 rings (SSSR count). The molecule has 0 spiro atoms. The van der Waals surface area contributed by atoms with E-state index in [0.29, 0.717) is 10.8 Å². The molecule has 3 heterocycles. The number of thioether (sulfide) groups is 2. The molecule has 3 unspecified atom stereocenters. The minimum absolute atomic E-state index is 0.0492. The van der Waals surface area contributed by atoms with Crippen LogP contribution in [0.4, 0.5) is 0 Å². The first kappa shape index (κ1) is 15.7. The molecule has 1 saturated heterocycles. The summed E-state index contributed by atoms with van der Waals surface area (Å²) in [6.07, 6.45) is -0.774. The Morgan fingerprint density at radius 1 is 1.59 bits per heavy atom.